The van der Waals surface area contributed by atoms with Gasteiger partial charge in [0.25, 0.3) is 11.1 Å². The zero-order chi connectivity index (χ0) is 24.9. The van der Waals surface area contributed by atoms with Crippen molar-refractivity contribution >= 4 is 35.0 Å². The third kappa shape index (κ3) is 5.70. The third-order valence-electron chi connectivity index (χ3n) is 5.21. The van der Waals surface area contributed by atoms with Gasteiger partial charge in [0.05, 0.1) is 24.1 Å². The molecule has 0 aliphatic carbocycles. The van der Waals surface area contributed by atoms with Crippen LogP contribution in [0.25, 0.3) is 6.08 Å². The molecule has 178 valence electrons. The summed E-state index contributed by atoms with van der Waals surface area (Å²) in [4.78, 5) is 37.5. The van der Waals surface area contributed by atoms with Crippen molar-refractivity contribution in [1.29, 1.82) is 0 Å². The van der Waals surface area contributed by atoms with E-state index in [1.807, 2.05) is 0 Å². The standard InChI is InChI=1S/C26H20FNO6S/c1-33-22-12-18(6-11-21(22)34-15-17-2-7-19(8-3-17)25(30)31)13-23-24(29)28(26(32)35-23)14-16-4-9-20(27)10-5-16/h2-13H,14-15H2,1H3,(H,30,31). The number of methoxy groups -OCH3 is 1. The highest BCUT2D eigenvalue weighted by molar-refractivity contribution is 8.18. The van der Waals surface area contributed by atoms with Crippen LogP contribution in [-0.4, -0.2) is 34.2 Å². The van der Waals surface area contributed by atoms with Crippen LogP contribution in [-0.2, 0) is 17.9 Å². The lowest BCUT2D eigenvalue weighted by Crippen LogP contribution is -2.27. The molecule has 1 N–H and O–H groups in total. The van der Waals surface area contributed by atoms with Crippen LogP contribution >= 0.6 is 11.8 Å². The summed E-state index contributed by atoms with van der Waals surface area (Å²) in [6, 6.07) is 17.1. The highest BCUT2D eigenvalue weighted by Gasteiger charge is 2.35. The number of amides is 2. The molecule has 9 heteroatoms. The van der Waals surface area contributed by atoms with Gasteiger partial charge in [-0.25, -0.2) is 9.18 Å². The first kappa shape index (κ1) is 24.0. The molecule has 35 heavy (non-hydrogen) atoms. The van der Waals surface area contributed by atoms with Crippen LogP contribution in [0.1, 0.15) is 27.0 Å². The number of hydrogen-bond donors (Lipinski definition) is 1. The highest BCUT2D eigenvalue weighted by atomic mass is 32.2. The van der Waals surface area contributed by atoms with Gasteiger partial charge in [-0.05, 0) is 70.9 Å². The van der Waals surface area contributed by atoms with Crippen molar-refractivity contribution in [1.82, 2.24) is 4.90 Å². The Morgan fingerprint density at radius 1 is 1.00 bits per heavy atom. The average Bonchev–Trinajstić information content (AvgIpc) is 3.11. The number of carbonyl (C=O) groups excluding carboxylic acids is 2. The van der Waals surface area contributed by atoms with Crippen LogP contribution in [0.15, 0.2) is 71.6 Å². The first-order valence-electron chi connectivity index (χ1n) is 10.5. The summed E-state index contributed by atoms with van der Waals surface area (Å²) in [5.41, 5.74) is 2.27. The molecule has 7 nitrogen and oxygen atoms in total. The molecule has 1 saturated heterocycles. The Morgan fingerprint density at radius 2 is 1.69 bits per heavy atom. The number of imide groups is 1. The second-order valence-corrected chi connectivity index (χ2v) is 8.59. The van der Waals surface area contributed by atoms with Crippen LogP contribution in [0.4, 0.5) is 9.18 Å². The average molecular weight is 494 g/mol. The van der Waals surface area contributed by atoms with Gasteiger partial charge < -0.3 is 14.6 Å². The Morgan fingerprint density at radius 3 is 2.34 bits per heavy atom. The fraction of sp³-hybridized carbons (Fsp3) is 0.115. The molecule has 4 rings (SSSR count). The quantitative estimate of drug-likeness (QED) is 0.423. The van der Waals surface area contributed by atoms with E-state index in [1.165, 1.54) is 43.5 Å². The minimum atomic E-state index is -0.997. The number of rotatable bonds is 8. The molecule has 0 radical (unpaired) electrons. The van der Waals surface area contributed by atoms with Crippen LogP contribution < -0.4 is 9.47 Å². The number of ether oxygens (including phenoxy) is 2. The summed E-state index contributed by atoms with van der Waals surface area (Å²) >= 11 is 0.838. The Balaban J connectivity index is 1.45. The maximum Gasteiger partial charge on any atom is 0.335 e. The predicted molar refractivity (Wildman–Crippen MR) is 129 cm³/mol. The number of carboxylic acid groups (broad SMARTS) is 1. The maximum absolute atomic E-state index is 13.1. The number of thioether (sulfide) groups is 1. The van der Waals surface area contributed by atoms with Crippen molar-refractivity contribution in [3.05, 3.63) is 99.7 Å². The van der Waals surface area contributed by atoms with E-state index < -0.39 is 17.1 Å². The van der Waals surface area contributed by atoms with Crippen molar-refractivity contribution < 1.29 is 33.4 Å². The molecule has 1 heterocycles. The highest BCUT2D eigenvalue weighted by Crippen LogP contribution is 2.35. The molecule has 2 amide bonds. The predicted octanol–water partition coefficient (Wildman–Crippen LogP) is 5.35. The van der Waals surface area contributed by atoms with Crippen LogP contribution in [0.3, 0.4) is 0 Å². The zero-order valence-electron chi connectivity index (χ0n) is 18.6. The minimum absolute atomic E-state index is 0.0613. The van der Waals surface area contributed by atoms with Gasteiger partial charge in [0.2, 0.25) is 0 Å². The first-order chi connectivity index (χ1) is 16.8. The van der Waals surface area contributed by atoms with Crippen molar-refractivity contribution in [2.75, 3.05) is 7.11 Å². The molecule has 0 saturated carbocycles. The van der Waals surface area contributed by atoms with Gasteiger partial charge >= 0.3 is 5.97 Å². The zero-order valence-corrected chi connectivity index (χ0v) is 19.4. The van der Waals surface area contributed by atoms with E-state index in [0.717, 1.165) is 22.2 Å². The molecule has 1 aliphatic heterocycles. The van der Waals surface area contributed by atoms with Gasteiger partial charge in [0.15, 0.2) is 11.5 Å². The van der Waals surface area contributed by atoms with E-state index in [0.29, 0.717) is 22.6 Å². The first-order valence-corrected chi connectivity index (χ1v) is 11.3. The van der Waals surface area contributed by atoms with Crippen molar-refractivity contribution in [3.8, 4) is 11.5 Å². The van der Waals surface area contributed by atoms with Crippen molar-refractivity contribution in [2.24, 2.45) is 0 Å². The van der Waals surface area contributed by atoms with E-state index in [-0.39, 0.29) is 29.4 Å². The summed E-state index contributed by atoms with van der Waals surface area (Å²) in [5.74, 6) is -0.903. The van der Waals surface area contributed by atoms with Gasteiger partial charge in [0.1, 0.15) is 12.4 Å². The van der Waals surface area contributed by atoms with Crippen molar-refractivity contribution in [3.63, 3.8) is 0 Å². The maximum atomic E-state index is 13.1. The van der Waals surface area contributed by atoms with Gasteiger partial charge in [0, 0.05) is 0 Å². The van der Waals surface area contributed by atoms with Gasteiger partial charge in [-0.1, -0.05) is 30.3 Å². The van der Waals surface area contributed by atoms with Gasteiger partial charge in [-0.15, -0.1) is 0 Å². The lowest BCUT2D eigenvalue weighted by atomic mass is 10.1. The number of hydrogen-bond acceptors (Lipinski definition) is 6. The molecule has 0 atom stereocenters. The second kappa shape index (κ2) is 10.4. The second-order valence-electron chi connectivity index (χ2n) is 7.60. The summed E-state index contributed by atoms with van der Waals surface area (Å²) in [5, 5.41) is 8.60. The lowest BCUT2D eigenvalue weighted by Gasteiger charge is -2.12. The van der Waals surface area contributed by atoms with Gasteiger partial charge in [-0.2, -0.15) is 0 Å². The molecule has 3 aromatic carbocycles. The number of halogens is 1. The van der Waals surface area contributed by atoms with Gasteiger partial charge in [-0.3, -0.25) is 14.5 Å². The van der Waals surface area contributed by atoms with Crippen LogP contribution in [0.5, 0.6) is 11.5 Å². The number of carbonyl (C=O) groups is 3. The van der Waals surface area contributed by atoms with E-state index in [2.05, 4.69) is 0 Å². The number of aromatic carboxylic acids is 1. The molecular formula is C26H20FNO6S. The number of nitrogens with zero attached hydrogens (tertiary/aromatic N) is 1. The Kier molecular flexibility index (Phi) is 7.17. The van der Waals surface area contributed by atoms with Crippen molar-refractivity contribution in [2.45, 2.75) is 13.2 Å². The number of benzene rings is 3. The summed E-state index contributed by atoms with van der Waals surface area (Å²) in [6.45, 7) is 0.268. The summed E-state index contributed by atoms with van der Waals surface area (Å²) in [7, 11) is 1.49. The molecular weight excluding hydrogens is 473 g/mol. The Hall–Kier alpha value is -4.11. The molecule has 0 aromatic heterocycles. The van der Waals surface area contributed by atoms with Crippen LogP contribution in [0, 0.1) is 5.82 Å². The summed E-state index contributed by atoms with van der Waals surface area (Å²) in [6.07, 6.45) is 1.60. The van der Waals surface area contributed by atoms with Crippen LogP contribution in [0.2, 0.25) is 0 Å². The normalized spacial score (nSPS) is 14.5. The smallest absolute Gasteiger partial charge is 0.335 e. The topological polar surface area (TPSA) is 93.1 Å². The molecule has 1 fully saturated rings. The molecule has 0 unspecified atom stereocenters. The van der Waals surface area contributed by atoms with E-state index >= 15 is 0 Å². The minimum Gasteiger partial charge on any atom is -0.493 e. The Labute approximate surface area is 204 Å². The van der Waals surface area contributed by atoms with E-state index in [1.54, 1.807) is 36.4 Å². The number of carboxylic acids is 1. The fourth-order valence-electron chi connectivity index (χ4n) is 3.36. The monoisotopic (exact) mass is 493 g/mol. The summed E-state index contributed by atoms with van der Waals surface area (Å²) < 4.78 is 24.4. The molecule has 0 bridgehead atoms. The van der Waals surface area contributed by atoms with E-state index in [4.69, 9.17) is 14.6 Å². The molecule has 0 spiro atoms. The lowest BCUT2D eigenvalue weighted by molar-refractivity contribution is -0.123. The Bertz CT molecular complexity index is 1300. The largest absolute Gasteiger partial charge is 0.493 e. The third-order valence-corrected chi connectivity index (χ3v) is 6.12. The SMILES string of the molecule is COc1cc(C=C2SC(=O)N(Cc3ccc(F)cc3)C2=O)ccc1OCc1ccc(C(=O)O)cc1. The molecule has 3 aromatic rings. The molecule has 1 aliphatic rings. The fourth-order valence-corrected chi connectivity index (χ4v) is 4.20. The van der Waals surface area contributed by atoms with E-state index in [9.17, 15) is 18.8 Å².